The zero-order valence-electron chi connectivity index (χ0n) is 7.78. The van der Waals surface area contributed by atoms with Crippen molar-refractivity contribution in [3.05, 3.63) is 28.1 Å². The van der Waals surface area contributed by atoms with E-state index in [4.69, 9.17) is 0 Å². The Morgan fingerprint density at radius 1 is 1.57 bits per heavy atom. The quantitative estimate of drug-likeness (QED) is 0.731. The summed E-state index contributed by atoms with van der Waals surface area (Å²) in [4.78, 5) is 15.5. The van der Waals surface area contributed by atoms with Crippen molar-refractivity contribution in [1.29, 1.82) is 0 Å². The Hall–Kier alpha value is -1.23. The highest BCUT2D eigenvalue weighted by Gasteiger charge is 2.09. The van der Waals surface area contributed by atoms with Gasteiger partial charge in [-0.15, -0.1) is 0 Å². The second-order valence-corrected chi connectivity index (χ2v) is 3.91. The van der Waals surface area contributed by atoms with Crippen LogP contribution in [0.2, 0.25) is 0 Å². The van der Waals surface area contributed by atoms with Gasteiger partial charge in [0, 0.05) is 6.20 Å². The van der Waals surface area contributed by atoms with Gasteiger partial charge in [0.1, 0.15) is 0 Å². The molecule has 2 rings (SSSR count). The molecule has 14 heavy (non-hydrogen) atoms. The van der Waals surface area contributed by atoms with Gasteiger partial charge in [0.15, 0.2) is 11.4 Å². The van der Waals surface area contributed by atoms with Crippen molar-refractivity contribution < 1.29 is 4.79 Å². The zero-order valence-corrected chi connectivity index (χ0v) is 9.37. The second kappa shape index (κ2) is 3.16. The smallest absolute Gasteiger partial charge is 0.169 e. The van der Waals surface area contributed by atoms with E-state index >= 15 is 0 Å². The summed E-state index contributed by atoms with van der Waals surface area (Å²) in [5.41, 5.74) is 2.06. The third kappa shape index (κ3) is 1.33. The molecule has 72 valence electrons. The topological polar surface area (TPSA) is 47.3 Å². The van der Waals surface area contributed by atoms with E-state index in [1.807, 2.05) is 6.92 Å². The molecular weight excluding hydrogens is 246 g/mol. The average molecular weight is 254 g/mol. The maximum absolute atomic E-state index is 11.2. The number of fused-ring (bicyclic) bond motifs is 1. The van der Waals surface area contributed by atoms with Crippen molar-refractivity contribution in [2.75, 3.05) is 0 Å². The van der Waals surface area contributed by atoms with E-state index in [1.54, 1.807) is 16.9 Å². The lowest BCUT2D eigenvalue weighted by atomic mass is 10.2. The SMILES string of the molecule is CC(=O)c1cn2ncc(Br)c2nc1C. The van der Waals surface area contributed by atoms with Crippen LogP contribution in [0, 0.1) is 6.92 Å². The summed E-state index contributed by atoms with van der Waals surface area (Å²) in [6.07, 6.45) is 3.36. The highest BCUT2D eigenvalue weighted by molar-refractivity contribution is 9.10. The number of nitrogens with zero attached hydrogens (tertiary/aromatic N) is 3. The number of carbonyl (C=O) groups excluding carboxylic acids is 1. The van der Waals surface area contributed by atoms with Crippen LogP contribution in [0.4, 0.5) is 0 Å². The minimum Gasteiger partial charge on any atom is -0.294 e. The number of Topliss-reactive ketones (excluding diaryl/α,β-unsaturated/α-hetero) is 1. The number of aryl methyl sites for hydroxylation is 1. The van der Waals surface area contributed by atoms with Gasteiger partial charge in [-0.25, -0.2) is 9.50 Å². The van der Waals surface area contributed by atoms with Gasteiger partial charge in [-0.3, -0.25) is 4.79 Å². The van der Waals surface area contributed by atoms with Crippen molar-refractivity contribution in [2.45, 2.75) is 13.8 Å². The normalized spacial score (nSPS) is 10.8. The average Bonchev–Trinajstić information content (AvgIpc) is 2.46. The Labute approximate surface area is 89.1 Å². The molecule has 0 N–H and O–H groups in total. The van der Waals surface area contributed by atoms with Crippen LogP contribution in [0.3, 0.4) is 0 Å². The molecular formula is C9H8BrN3O. The minimum absolute atomic E-state index is 0.00326. The van der Waals surface area contributed by atoms with E-state index in [0.717, 1.165) is 15.8 Å². The Balaban J connectivity index is 2.79. The largest absolute Gasteiger partial charge is 0.294 e. The van der Waals surface area contributed by atoms with Gasteiger partial charge >= 0.3 is 0 Å². The molecule has 0 aliphatic carbocycles. The molecule has 0 radical (unpaired) electrons. The third-order valence-corrected chi connectivity index (χ3v) is 2.58. The molecule has 4 nitrogen and oxygen atoms in total. The Bertz CT molecular complexity index is 518. The fraction of sp³-hybridized carbons (Fsp3) is 0.222. The first kappa shape index (κ1) is 9.33. The molecule has 0 amide bonds. The van der Waals surface area contributed by atoms with E-state index in [9.17, 15) is 4.79 Å². The lowest BCUT2D eigenvalue weighted by Crippen LogP contribution is -2.03. The van der Waals surface area contributed by atoms with Crippen LogP contribution in [0.1, 0.15) is 23.0 Å². The number of carbonyl (C=O) groups is 1. The van der Waals surface area contributed by atoms with E-state index in [0.29, 0.717) is 5.56 Å². The number of aromatic nitrogens is 3. The monoisotopic (exact) mass is 253 g/mol. The third-order valence-electron chi connectivity index (χ3n) is 2.02. The lowest BCUT2D eigenvalue weighted by molar-refractivity contribution is 0.101. The van der Waals surface area contributed by atoms with Gasteiger partial charge in [0.2, 0.25) is 0 Å². The molecule has 0 bridgehead atoms. The van der Waals surface area contributed by atoms with Crippen LogP contribution in [0.25, 0.3) is 5.65 Å². The van der Waals surface area contributed by atoms with Crippen LogP contribution in [0.5, 0.6) is 0 Å². The Kier molecular flexibility index (Phi) is 2.11. The van der Waals surface area contributed by atoms with Gasteiger partial charge in [-0.2, -0.15) is 5.10 Å². The molecule has 0 aliphatic heterocycles. The Morgan fingerprint density at radius 2 is 2.29 bits per heavy atom. The van der Waals surface area contributed by atoms with Crippen molar-refractivity contribution in [2.24, 2.45) is 0 Å². The van der Waals surface area contributed by atoms with Crippen LogP contribution >= 0.6 is 15.9 Å². The fourth-order valence-corrected chi connectivity index (χ4v) is 1.68. The van der Waals surface area contributed by atoms with Crippen LogP contribution in [-0.4, -0.2) is 20.4 Å². The fourth-order valence-electron chi connectivity index (χ4n) is 1.31. The summed E-state index contributed by atoms with van der Waals surface area (Å²) < 4.78 is 2.42. The van der Waals surface area contributed by atoms with Gasteiger partial charge < -0.3 is 0 Å². The van der Waals surface area contributed by atoms with Gasteiger partial charge in [-0.05, 0) is 29.8 Å². The molecule has 0 aliphatic rings. The molecule has 2 aromatic rings. The van der Waals surface area contributed by atoms with Crippen molar-refractivity contribution in [3.8, 4) is 0 Å². The first-order chi connectivity index (χ1) is 6.59. The highest BCUT2D eigenvalue weighted by Crippen LogP contribution is 2.17. The zero-order chi connectivity index (χ0) is 10.3. The minimum atomic E-state index is 0.00326. The molecule has 0 saturated carbocycles. The number of hydrogen-bond acceptors (Lipinski definition) is 3. The van der Waals surface area contributed by atoms with Crippen LogP contribution < -0.4 is 0 Å². The second-order valence-electron chi connectivity index (χ2n) is 3.06. The van der Waals surface area contributed by atoms with Gasteiger partial charge in [0.25, 0.3) is 0 Å². The molecule has 0 aromatic carbocycles. The van der Waals surface area contributed by atoms with Crippen molar-refractivity contribution in [3.63, 3.8) is 0 Å². The summed E-state index contributed by atoms with van der Waals surface area (Å²) in [6, 6.07) is 0. The standard InChI is InChI=1S/C9H8BrN3O/c1-5-7(6(2)14)4-13-9(12-5)8(10)3-11-13/h3-4H,1-2H3. The van der Waals surface area contributed by atoms with Crippen molar-refractivity contribution in [1.82, 2.24) is 14.6 Å². The number of hydrogen-bond donors (Lipinski definition) is 0. The maximum Gasteiger partial charge on any atom is 0.169 e. The molecule has 0 fully saturated rings. The van der Waals surface area contributed by atoms with E-state index < -0.39 is 0 Å². The van der Waals surface area contributed by atoms with Crippen LogP contribution in [-0.2, 0) is 0 Å². The molecule has 0 saturated heterocycles. The summed E-state index contributed by atoms with van der Waals surface area (Å²) in [7, 11) is 0. The summed E-state index contributed by atoms with van der Waals surface area (Å²) in [6.45, 7) is 3.34. The molecule has 2 aromatic heterocycles. The molecule has 0 atom stereocenters. The number of ketones is 1. The highest BCUT2D eigenvalue weighted by atomic mass is 79.9. The summed E-state index contributed by atoms with van der Waals surface area (Å²) in [5, 5.41) is 4.06. The molecule has 5 heteroatoms. The van der Waals surface area contributed by atoms with E-state index in [2.05, 4.69) is 26.0 Å². The van der Waals surface area contributed by atoms with Crippen LogP contribution in [0.15, 0.2) is 16.9 Å². The lowest BCUT2D eigenvalue weighted by Gasteiger charge is -2.01. The van der Waals surface area contributed by atoms with E-state index in [1.165, 1.54) is 6.92 Å². The molecule has 0 unspecified atom stereocenters. The molecule has 0 spiro atoms. The summed E-state index contributed by atoms with van der Waals surface area (Å²) >= 11 is 3.33. The molecule has 2 heterocycles. The first-order valence-corrected chi connectivity index (χ1v) is 4.90. The van der Waals surface area contributed by atoms with Crippen molar-refractivity contribution >= 4 is 27.4 Å². The maximum atomic E-state index is 11.2. The number of halogens is 1. The van der Waals surface area contributed by atoms with Gasteiger partial charge in [0.05, 0.1) is 21.9 Å². The number of rotatable bonds is 1. The Morgan fingerprint density at radius 3 is 2.93 bits per heavy atom. The predicted molar refractivity (Wildman–Crippen MR) is 55.4 cm³/mol. The predicted octanol–water partition coefficient (Wildman–Crippen LogP) is 2.00. The first-order valence-electron chi connectivity index (χ1n) is 4.11. The van der Waals surface area contributed by atoms with Gasteiger partial charge in [-0.1, -0.05) is 0 Å². The van der Waals surface area contributed by atoms with E-state index in [-0.39, 0.29) is 5.78 Å². The summed E-state index contributed by atoms with van der Waals surface area (Å²) in [5.74, 6) is 0.00326.